The Labute approximate surface area is 240 Å². The van der Waals surface area contributed by atoms with Gasteiger partial charge in [0.05, 0.1) is 11.9 Å². The monoisotopic (exact) mass is 589 g/mol. The highest BCUT2D eigenvalue weighted by atomic mass is 35.5. The standard InChI is InChI=1S/C29H33Cl2N3O4S/c1-3-32-29(36)27(20-22-8-5-4-6-9-22)33(21-23-11-13-24(30)14-12-23)28(35)10-7-19-34(39(2,37)38)26-17-15-25(31)16-18-26/h4-6,8-9,11-18,27H,3,7,10,19-21H2,1-2H3,(H,32,36)/t27-/m1/s1. The molecule has 0 spiro atoms. The molecule has 0 heterocycles. The lowest BCUT2D eigenvalue weighted by Crippen LogP contribution is -2.50. The molecule has 0 unspecified atom stereocenters. The van der Waals surface area contributed by atoms with Crippen LogP contribution in [-0.4, -0.2) is 50.5 Å². The second kappa shape index (κ2) is 14.4. The van der Waals surface area contributed by atoms with E-state index in [4.69, 9.17) is 23.2 Å². The number of amides is 2. The van der Waals surface area contributed by atoms with Crippen molar-refractivity contribution in [3.05, 3.63) is 100 Å². The van der Waals surface area contributed by atoms with Gasteiger partial charge in [-0.1, -0.05) is 65.7 Å². The van der Waals surface area contributed by atoms with Crippen LogP contribution < -0.4 is 9.62 Å². The van der Waals surface area contributed by atoms with Gasteiger partial charge in [-0.3, -0.25) is 13.9 Å². The van der Waals surface area contributed by atoms with Crippen LogP contribution in [0.4, 0.5) is 5.69 Å². The summed E-state index contributed by atoms with van der Waals surface area (Å²) in [5.41, 5.74) is 2.22. The molecule has 0 saturated heterocycles. The summed E-state index contributed by atoms with van der Waals surface area (Å²) in [6, 6.07) is 22.4. The smallest absolute Gasteiger partial charge is 0.243 e. The zero-order valence-corrected chi connectivity index (χ0v) is 24.3. The van der Waals surface area contributed by atoms with Gasteiger partial charge in [-0.15, -0.1) is 0 Å². The maximum atomic E-state index is 13.7. The van der Waals surface area contributed by atoms with E-state index >= 15 is 0 Å². The molecule has 39 heavy (non-hydrogen) atoms. The van der Waals surface area contributed by atoms with Crippen LogP contribution in [-0.2, 0) is 32.6 Å². The Balaban J connectivity index is 1.85. The lowest BCUT2D eigenvalue weighted by atomic mass is 10.0. The summed E-state index contributed by atoms with van der Waals surface area (Å²) in [6.45, 7) is 2.57. The highest BCUT2D eigenvalue weighted by Gasteiger charge is 2.30. The Bertz CT molecular complexity index is 1340. The maximum absolute atomic E-state index is 13.7. The second-order valence-corrected chi connectivity index (χ2v) is 11.9. The number of carbonyl (C=O) groups excluding carboxylic acids is 2. The summed E-state index contributed by atoms with van der Waals surface area (Å²) in [5.74, 6) is -0.496. The SMILES string of the molecule is CCNC(=O)[C@@H](Cc1ccccc1)N(Cc1ccc(Cl)cc1)C(=O)CCCN(c1ccc(Cl)cc1)S(C)(=O)=O. The molecule has 1 atom stereocenters. The Kier molecular flexibility index (Phi) is 11.2. The van der Waals surface area contributed by atoms with Crippen LogP contribution in [0, 0.1) is 0 Å². The largest absolute Gasteiger partial charge is 0.355 e. The molecule has 7 nitrogen and oxygen atoms in total. The Hall–Kier alpha value is -3.07. The summed E-state index contributed by atoms with van der Waals surface area (Å²) >= 11 is 12.0. The minimum absolute atomic E-state index is 0.0535. The average molecular weight is 591 g/mol. The molecule has 0 aliphatic carbocycles. The fourth-order valence-corrected chi connectivity index (χ4v) is 5.46. The van der Waals surface area contributed by atoms with Gasteiger partial charge in [0, 0.05) is 42.5 Å². The van der Waals surface area contributed by atoms with Gasteiger partial charge in [0.2, 0.25) is 21.8 Å². The Morgan fingerprint density at radius 2 is 1.46 bits per heavy atom. The van der Waals surface area contributed by atoms with Crippen LogP contribution in [0.5, 0.6) is 0 Å². The molecule has 10 heteroatoms. The van der Waals surface area contributed by atoms with Crippen molar-refractivity contribution in [2.24, 2.45) is 0 Å². The molecular formula is C29H33Cl2N3O4S. The van der Waals surface area contributed by atoms with Crippen molar-refractivity contribution in [2.75, 3.05) is 23.7 Å². The number of nitrogens with one attached hydrogen (secondary N) is 1. The number of hydrogen-bond donors (Lipinski definition) is 1. The van der Waals surface area contributed by atoms with E-state index in [1.54, 1.807) is 41.3 Å². The third kappa shape index (κ3) is 9.27. The van der Waals surface area contributed by atoms with Crippen molar-refractivity contribution in [3.8, 4) is 0 Å². The van der Waals surface area contributed by atoms with Gasteiger partial charge in [-0.05, 0) is 60.9 Å². The predicted molar refractivity (Wildman–Crippen MR) is 157 cm³/mol. The molecule has 0 aliphatic heterocycles. The van der Waals surface area contributed by atoms with Gasteiger partial charge in [0.1, 0.15) is 6.04 Å². The van der Waals surface area contributed by atoms with Gasteiger partial charge in [0.15, 0.2) is 0 Å². The first-order valence-electron chi connectivity index (χ1n) is 12.7. The number of sulfonamides is 1. The fourth-order valence-electron chi connectivity index (χ4n) is 4.24. The number of nitrogens with zero attached hydrogens (tertiary/aromatic N) is 2. The highest BCUT2D eigenvalue weighted by Crippen LogP contribution is 2.22. The zero-order valence-electron chi connectivity index (χ0n) is 22.0. The van der Waals surface area contributed by atoms with Crippen LogP contribution in [0.3, 0.4) is 0 Å². The first-order chi connectivity index (χ1) is 18.6. The van der Waals surface area contributed by atoms with E-state index in [1.165, 1.54) is 4.31 Å². The third-order valence-corrected chi connectivity index (χ3v) is 7.85. The van der Waals surface area contributed by atoms with E-state index in [1.807, 2.05) is 49.4 Å². The average Bonchev–Trinajstić information content (AvgIpc) is 2.90. The molecule has 3 aromatic carbocycles. The van der Waals surface area contributed by atoms with Crippen molar-refractivity contribution in [1.29, 1.82) is 0 Å². The third-order valence-electron chi connectivity index (χ3n) is 6.16. The molecule has 0 aliphatic rings. The van der Waals surface area contributed by atoms with Gasteiger partial charge < -0.3 is 10.2 Å². The molecule has 0 bridgehead atoms. The number of rotatable bonds is 13. The molecule has 3 rings (SSSR count). The van der Waals surface area contributed by atoms with E-state index < -0.39 is 16.1 Å². The van der Waals surface area contributed by atoms with Gasteiger partial charge in [-0.2, -0.15) is 0 Å². The number of carbonyl (C=O) groups is 2. The Morgan fingerprint density at radius 3 is 2.03 bits per heavy atom. The highest BCUT2D eigenvalue weighted by molar-refractivity contribution is 7.92. The van der Waals surface area contributed by atoms with E-state index in [9.17, 15) is 18.0 Å². The number of benzene rings is 3. The van der Waals surface area contributed by atoms with Crippen LogP contribution in [0.15, 0.2) is 78.9 Å². The molecule has 0 aromatic heterocycles. The number of halogens is 2. The predicted octanol–water partition coefficient (Wildman–Crippen LogP) is 5.32. The molecule has 1 N–H and O–H groups in total. The minimum Gasteiger partial charge on any atom is -0.355 e. The van der Waals surface area contributed by atoms with Crippen molar-refractivity contribution >= 4 is 50.7 Å². The topological polar surface area (TPSA) is 86.8 Å². The number of hydrogen-bond acceptors (Lipinski definition) is 4. The zero-order chi connectivity index (χ0) is 28.4. The summed E-state index contributed by atoms with van der Waals surface area (Å²) in [4.78, 5) is 28.5. The molecule has 0 saturated carbocycles. The molecule has 0 fully saturated rings. The van der Waals surface area contributed by atoms with Crippen LogP contribution >= 0.6 is 23.2 Å². The molecule has 3 aromatic rings. The maximum Gasteiger partial charge on any atom is 0.243 e. The van der Waals surface area contributed by atoms with Crippen LogP contribution in [0.2, 0.25) is 10.0 Å². The first kappa shape index (κ1) is 30.5. The molecule has 208 valence electrons. The van der Waals surface area contributed by atoms with E-state index in [0.717, 1.165) is 17.4 Å². The van der Waals surface area contributed by atoms with Gasteiger partial charge in [-0.25, -0.2) is 8.42 Å². The first-order valence-corrected chi connectivity index (χ1v) is 15.3. The van der Waals surface area contributed by atoms with E-state index in [-0.39, 0.29) is 37.7 Å². The van der Waals surface area contributed by atoms with Crippen LogP contribution in [0.25, 0.3) is 0 Å². The molecule has 2 amide bonds. The van der Waals surface area contributed by atoms with Crippen molar-refractivity contribution < 1.29 is 18.0 Å². The summed E-state index contributed by atoms with van der Waals surface area (Å²) in [7, 11) is -3.59. The lowest BCUT2D eigenvalue weighted by Gasteiger charge is -2.32. The van der Waals surface area contributed by atoms with Crippen LogP contribution in [0.1, 0.15) is 30.9 Å². The number of likely N-dealkylation sites (N-methyl/N-ethyl adjacent to an activating group) is 1. The quantitative estimate of drug-likeness (QED) is 0.292. The second-order valence-electron chi connectivity index (χ2n) is 9.16. The van der Waals surface area contributed by atoms with Crippen molar-refractivity contribution in [2.45, 2.75) is 38.8 Å². The van der Waals surface area contributed by atoms with Gasteiger partial charge in [0.25, 0.3) is 0 Å². The molecule has 0 radical (unpaired) electrons. The van der Waals surface area contributed by atoms with E-state index in [2.05, 4.69) is 5.32 Å². The lowest BCUT2D eigenvalue weighted by molar-refractivity contribution is -0.141. The van der Waals surface area contributed by atoms with E-state index in [0.29, 0.717) is 28.7 Å². The number of anilines is 1. The Morgan fingerprint density at radius 1 is 0.872 bits per heavy atom. The summed E-state index contributed by atoms with van der Waals surface area (Å²) in [6.07, 6.45) is 1.78. The molecular weight excluding hydrogens is 557 g/mol. The van der Waals surface area contributed by atoms with Crippen molar-refractivity contribution in [3.63, 3.8) is 0 Å². The normalized spacial score (nSPS) is 12.0. The van der Waals surface area contributed by atoms with Crippen molar-refractivity contribution in [1.82, 2.24) is 10.2 Å². The van der Waals surface area contributed by atoms with Gasteiger partial charge >= 0.3 is 0 Å². The minimum atomic E-state index is -3.59. The summed E-state index contributed by atoms with van der Waals surface area (Å²) in [5, 5.41) is 3.93. The summed E-state index contributed by atoms with van der Waals surface area (Å²) < 4.78 is 26.3. The fraction of sp³-hybridized carbons (Fsp3) is 0.310.